The molecular formula is C26H32IrN2Y-2. The molecular weight excluding hydrogens is 621 g/mol. The Morgan fingerprint density at radius 2 is 1.60 bits per heavy atom. The standard InChI is InChI=1S/C25H29N2.CH3.Ir.Y/c1-24(2,3)14-17-11-12-22-21(13-17)19-9-7-8-10-20(19)23-26-18(16-27(22)23)15-25(4,5)6;;;/h7-9,11-13,16H,14-15H2,1-6H3;1H3;;/q2*-1;;. The van der Waals surface area contributed by atoms with Crippen molar-refractivity contribution in [1.29, 1.82) is 0 Å². The van der Waals surface area contributed by atoms with E-state index >= 15 is 0 Å². The summed E-state index contributed by atoms with van der Waals surface area (Å²) in [4.78, 5) is 4.99. The van der Waals surface area contributed by atoms with Gasteiger partial charge in [-0.05, 0) is 40.7 Å². The van der Waals surface area contributed by atoms with E-state index in [0.29, 0.717) is 0 Å². The zero-order chi connectivity index (χ0) is 19.4. The molecule has 2 heterocycles. The first-order chi connectivity index (χ1) is 12.6. The van der Waals surface area contributed by atoms with Gasteiger partial charge >= 0.3 is 0 Å². The third kappa shape index (κ3) is 5.80. The van der Waals surface area contributed by atoms with Gasteiger partial charge in [0, 0.05) is 70.2 Å². The van der Waals surface area contributed by atoms with Crippen molar-refractivity contribution in [3.8, 4) is 0 Å². The minimum atomic E-state index is 0. The molecule has 0 amide bonds. The zero-order valence-electron chi connectivity index (χ0n) is 19.3. The molecule has 0 spiro atoms. The van der Waals surface area contributed by atoms with Crippen LogP contribution in [0.2, 0.25) is 0 Å². The summed E-state index contributed by atoms with van der Waals surface area (Å²) >= 11 is 0. The molecule has 4 heteroatoms. The van der Waals surface area contributed by atoms with Crippen LogP contribution in [0.3, 0.4) is 0 Å². The Morgan fingerprint density at radius 3 is 2.23 bits per heavy atom. The van der Waals surface area contributed by atoms with Crippen LogP contribution in [-0.4, -0.2) is 9.38 Å². The molecule has 0 aliphatic heterocycles. The van der Waals surface area contributed by atoms with Gasteiger partial charge in [-0.2, -0.15) is 0 Å². The number of rotatable bonds is 2. The molecule has 2 aromatic heterocycles. The Kier molecular flexibility index (Phi) is 9.06. The number of nitrogens with zero attached hydrogens (tertiary/aromatic N) is 2. The minimum absolute atomic E-state index is 0. The van der Waals surface area contributed by atoms with Crippen LogP contribution in [0.1, 0.15) is 52.8 Å². The predicted octanol–water partition coefficient (Wildman–Crippen LogP) is 7.06. The number of fused-ring (bicyclic) bond motifs is 6. The fourth-order valence-corrected chi connectivity index (χ4v) is 4.00. The predicted molar refractivity (Wildman–Crippen MR) is 122 cm³/mol. The summed E-state index contributed by atoms with van der Waals surface area (Å²) < 4.78 is 2.26. The molecule has 0 N–H and O–H groups in total. The first kappa shape index (κ1) is 27.4. The van der Waals surface area contributed by atoms with E-state index in [0.717, 1.165) is 29.6 Å². The molecule has 0 unspecified atom stereocenters. The molecule has 0 saturated heterocycles. The van der Waals surface area contributed by atoms with Crippen molar-refractivity contribution in [2.24, 2.45) is 10.8 Å². The maximum atomic E-state index is 4.99. The van der Waals surface area contributed by atoms with Gasteiger partial charge in [0.2, 0.25) is 0 Å². The maximum absolute atomic E-state index is 4.99. The molecule has 160 valence electrons. The van der Waals surface area contributed by atoms with E-state index < -0.39 is 0 Å². The molecule has 0 saturated carbocycles. The fraction of sp³-hybridized carbons (Fsp3) is 0.385. The van der Waals surface area contributed by atoms with Crippen molar-refractivity contribution in [3.05, 3.63) is 67.3 Å². The van der Waals surface area contributed by atoms with E-state index in [2.05, 4.69) is 88.5 Å². The van der Waals surface area contributed by atoms with Crippen molar-refractivity contribution >= 4 is 27.3 Å². The third-order valence-electron chi connectivity index (χ3n) is 4.89. The second kappa shape index (κ2) is 9.91. The average Bonchev–Trinajstić information content (AvgIpc) is 2.95. The van der Waals surface area contributed by atoms with Gasteiger partial charge in [0.05, 0.1) is 5.65 Å². The Bertz CT molecular complexity index is 1150. The summed E-state index contributed by atoms with van der Waals surface area (Å²) in [7, 11) is 0. The molecule has 0 fully saturated rings. The van der Waals surface area contributed by atoms with E-state index in [1.54, 1.807) is 0 Å². The number of aromatic nitrogens is 2. The Balaban J connectivity index is 0.00000150. The largest absolute Gasteiger partial charge is 0.358 e. The Morgan fingerprint density at radius 1 is 0.933 bits per heavy atom. The van der Waals surface area contributed by atoms with Crippen molar-refractivity contribution in [2.75, 3.05) is 0 Å². The van der Waals surface area contributed by atoms with Crippen LogP contribution >= 0.6 is 0 Å². The van der Waals surface area contributed by atoms with E-state index in [1.165, 1.54) is 21.9 Å². The number of pyridine rings is 1. The van der Waals surface area contributed by atoms with Crippen molar-refractivity contribution in [1.82, 2.24) is 9.38 Å². The summed E-state index contributed by atoms with van der Waals surface area (Å²) in [6.07, 6.45) is 4.25. The SMILES string of the molecule is CC(C)(C)Cc1ccc2c(c1)c1ccc[c-]c1c1nc(CC(C)(C)C)cn21.[CH3-].[Ir].[Y]. The molecule has 0 atom stereocenters. The molecule has 0 bridgehead atoms. The van der Waals surface area contributed by atoms with Crippen molar-refractivity contribution < 1.29 is 52.8 Å². The smallest absolute Gasteiger partial charge is 0.0612 e. The van der Waals surface area contributed by atoms with Gasteiger partial charge in [0.15, 0.2) is 0 Å². The maximum Gasteiger partial charge on any atom is 0.0612 e. The van der Waals surface area contributed by atoms with Crippen LogP contribution in [0.5, 0.6) is 0 Å². The van der Waals surface area contributed by atoms with Gasteiger partial charge in [-0.3, -0.25) is 4.98 Å². The van der Waals surface area contributed by atoms with Gasteiger partial charge < -0.3 is 11.8 Å². The van der Waals surface area contributed by atoms with E-state index in [4.69, 9.17) is 4.98 Å². The van der Waals surface area contributed by atoms with Gasteiger partial charge in [-0.1, -0.05) is 59.1 Å². The second-order valence-electron chi connectivity index (χ2n) is 10.2. The van der Waals surface area contributed by atoms with Crippen molar-refractivity contribution in [3.63, 3.8) is 0 Å². The normalized spacial score (nSPS) is 11.8. The molecule has 4 rings (SSSR count). The molecule has 2 radical (unpaired) electrons. The summed E-state index contributed by atoms with van der Waals surface area (Å²) in [5, 5.41) is 3.64. The Labute approximate surface area is 220 Å². The molecule has 2 aromatic carbocycles. The quantitative estimate of drug-likeness (QED) is 0.167. The molecule has 4 aromatic rings. The number of benzene rings is 2. The van der Waals surface area contributed by atoms with Crippen LogP contribution in [0, 0.1) is 24.3 Å². The van der Waals surface area contributed by atoms with Gasteiger partial charge in [0.1, 0.15) is 0 Å². The van der Waals surface area contributed by atoms with E-state index in [9.17, 15) is 0 Å². The first-order valence-corrected chi connectivity index (χ1v) is 9.84. The van der Waals surface area contributed by atoms with Gasteiger partial charge in [-0.25, -0.2) is 0 Å². The molecule has 0 aliphatic rings. The summed E-state index contributed by atoms with van der Waals surface area (Å²) in [6.45, 7) is 13.7. The third-order valence-corrected chi connectivity index (χ3v) is 4.89. The fourth-order valence-electron chi connectivity index (χ4n) is 4.00. The summed E-state index contributed by atoms with van der Waals surface area (Å²) in [5.74, 6) is 0. The van der Waals surface area contributed by atoms with Gasteiger partial charge in [0.25, 0.3) is 0 Å². The molecule has 2 nitrogen and oxygen atoms in total. The monoisotopic (exact) mass is 654 g/mol. The van der Waals surface area contributed by atoms with Crippen LogP contribution < -0.4 is 0 Å². The van der Waals surface area contributed by atoms with Crippen molar-refractivity contribution in [2.45, 2.75) is 54.4 Å². The van der Waals surface area contributed by atoms with E-state index in [-0.39, 0.29) is 71.1 Å². The van der Waals surface area contributed by atoms with E-state index in [1.807, 2.05) is 6.07 Å². The summed E-state index contributed by atoms with van der Waals surface area (Å²) in [5.41, 5.74) is 5.26. The van der Waals surface area contributed by atoms with Gasteiger partial charge in [-0.15, -0.1) is 29.7 Å². The zero-order valence-corrected chi connectivity index (χ0v) is 24.5. The van der Waals surface area contributed by atoms with Crippen LogP contribution in [0.25, 0.3) is 27.3 Å². The topological polar surface area (TPSA) is 17.3 Å². The summed E-state index contributed by atoms with van der Waals surface area (Å²) in [6, 6.07) is 16.6. The van der Waals surface area contributed by atoms with Crippen LogP contribution in [0.15, 0.2) is 42.6 Å². The number of hydrogen-bond acceptors (Lipinski definition) is 1. The van der Waals surface area contributed by atoms with Crippen LogP contribution in [0.4, 0.5) is 0 Å². The number of imidazole rings is 1. The average molecular weight is 654 g/mol. The second-order valence-corrected chi connectivity index (χ2v) is 10.2. The molecule has 0 aliphatic carbocycles. The van der Waals surface area contributed by atoms with Crippen LogP contribution in [-0.2, 0) is 65.7 Å². The Hall–Kier alpha value is -0.597. The first-order valence-electron chi connectivity index (χ1n) is 9.84. The molecule has 30 heavy (non-hydrogen) atoms. The minimum Gasteiger partial charge on any atom is -0.358 e. The number of hydrogen-bond donors (Lipinski definition) is 0.